The lowest BCUT2D eigenvalue weighted by Gasteiger charge is -2.14. The van der Waals surface area contributed by atoms with Gasteiger partial charge in [-0.2, -0.15) is 0 Å². The smallest absolute Gasteiger partial charge is 0.0493 e. The van der Waals surface area contributed by atoms with Crippen molar-refractivity contribution in [2.45, 2.75) is 33.2 Å². The molecular weight excluding hydrogens is 253 g/mol. The second-order valence-corrected chi connectivity index (χ2v) is 5.01. The molecule has 1 aromatic carbocycles. The van der Waals surface area contributed by atoms with Crippen molar-refractivity contribution in [3.05, 3.63) is 39.4 Å². The van der Waals surface area contributed by atoms with E-state index in [0.29, 0.717) is 16.1 Å². The maximum atomic E-state index is 6.13. The van der Waals surface area contributed by atoms with Crippen molar-refractivity contribution in [1.29, 1.82) is 0 Å². The molecule has 1 N–H and O–H groups in total. The lowest BCUT2D eigenvalue weighted by atomic mass is 10.1. The first-order chi connectivity index (χ1) is 8.06. The maximum Gasteiger partial charge on any atom is 0.0493 e. The van der Waals surface area contributed by atoms with Crippen molar-refractivity contribution < 1.29 is 0 Å². The molecule has 1 aromatic rings. The van der Waals surface area contributed by atoms with Crippen LogP contribution in [0.5, 0.6) is 0 Å². The summed E-state index contributed by atoms with van der Waals surface area (Å²) in [5.74, 6) is 0. The Bertz CT molecular complexity index is 379. The fourth-order valence-electron chi connectivity index (χ4n) is 1.52. The highest BCUT2D eigenvalue weighted by atomic mass is 35.5. The monoisotopic (exact) mass is 271 g/mol. The lowest BCUT2D eigenvalue weighted by Crippen LogP contribution is -2.27. The molecule has 94 valence electrons. The standard InChI is InChI=1S/C14H19Cl2N/c1-4-8-17-11(3)10(2)9-12-13(15)6-5-7-14(12)16/h5-7,9,11,17H,4,8H2,1-3H3/b10-9+. The van der Waals surface area contributed by atoms with Gasteiger partial charge >= 0.3 is 0 Å². The van der Waals surface area contributed by atoms with E-state index in [2.05, 4.69) is 32.2 Å². The lowest BCUT2D eigenvalue weighted by molar-refractivity contribution is 0.604. The summed E-state index contributed by atoms with van der Waals surface area (Å²) in [5, 5.41) is 4.82. The molecule has 0 bridgehead atoms. The van der Waals surface area contributed by atoms with Crippen LogP contribution in [0.4, 0.5) is 0 Å². The summed E-state index contributed by atoms with van der Waals surface area (Å²) in [6.45, 7) is 7.41. The zero-order valence-corrected chi connectivity index (χ0v) is 12.1. The number of hydrogen-bond acceptors (Lipinski definition) is 1. The largest absolute Gasteiger partial charge is 0.311 e. The molecule has 0 heterocycles. The number of nitrogens with one attached hydrogen (secondary N) is 1. The molecule has 0 saturated heterocycles. The number of rotatable bonds is 5. The van der Waals surface area contributed by atoms with Gasteiger partial charge in [0, 0.05) is 21.7 Å². The Kier molecular flexibility index (Phi) is 6.04. The third kappa shape index (κ3) is 4.34. The zero-order valence-electron chi connectivity index (χ0n) is 10.6. The van der Waals surface area contributed by atoms with Gasteiger partial charge in [0.25, 0.3) is 0 Å². The van der Waals surface area contributed by atoms with Crippen LogP contribution in [0.2, 0.25) is 10.0 Å². The topological polar surface area (TPSA) is 12.0 Å². The third-order valence-electron chi connectivity index (χ3n) is 2.76. The average molecular weight is 272 g/mol. The van der Waals surface area contributed by atoms with Crippen molar-refractivity contribution in [2.24, 2.45) is 0 Å². The summed E-state index contributed by atoms with van der Waals surface area (Å²) in [6.07, 6.45) is 3.18. The van der Waals surface area contributed by atoms with E-state index in [4.69, 9.17) is 23.2 Å². The van der Waals surface area contributed by atoms with Crippen LogP contribution in [0.25, 0.3) is 6.08 Å². The van der Waals surface area contributed by atoms with E-state index in [9.17, 15) is 0 Å². The molecule has 1 rings (SSSR count). The van der Waals surface area contributed by atoms with Crippen LogP contribution in [0.15, 0.2) is 23.8 Å². The summed E-state index contributed by atoms with van der Waals surface area (Å²) < 4.78 is 0. The Morgan fingerprint density at radius 3 is 2.47 bits per heavy atom. The second kappa shape index (κ2) is 7.05. The summed E-state index contributed by atoms with van der Waals surface area (Å²) in [6, 6.07) is 5.91. The first kappa shape index (κ1) is 14.6. The highest BCUT2D eigenvalue weighted by Gasteiger charge is 2.06. The minimum atomic E-state index is 0.335. The van der Waals surface area contributed by atoms with Crippen LogP contribution in [-0.2, 0) is 0 Å². The van der Waals surface area contributed by atoms with Gasteiger partial charge in [-0.3, -0.25) is 0 Å². The highest BCUT2D eigenvalue weighted by Crippen LogP contribution is 2.27. The predicted octanol–water partition coefficient (Wildman–Crippen LogP) is 4.78. The van der Waals surface area contributed by atoms with Gasteiger partial charge in [0.2, 0.25) is 0 Å². The summed E-state index contributed by atoms with van der Waals surface area (Å²) >= 11 is 12.3. The van der Waals surface area contributed by atoms with E-state index in [0.717, 1.165) is 18.5 Å². The normalized spacial score (nSPS) is 13.8. The van der Waals surface area contributed by atoms with Crippen LogP contribution in [0.1, 0.15) is 32.8 Å². The average Bonchev–Trinajstić information content (AvgIpc) is 2.30. The molecule has 0 fully saturated rings. The minimum absolute atomic E-state index is 0.335. The first-order valence-corrected chi connectivity index (χ1v) is 6.67. The van der Waals surface area contributed by atoms with Gasteiger partial charge in [-0.1, -0.05) is 47.8 Å². The van der Waals surface area contributed by atoms with Gasteiger partial charge in [0.05, 0.1) is 0 Å². The molecule has 0 aromatic heterocycles. The van der Waals surface area contributed by atoms with Crippen molar-refractivity contribution >= 4 is 29.3 Å². The quantitative estimate of drug-likeness (QED) is 0.813. The Balaban J connectivity index is 2.87. The molecule has 0 aliphatic heterocycles. The number of halogens is 2. The van der Waals surface area contributed by atoms with E-state index in [1.54, 1.807) is 0 Å². The maximum absolute atomic E-state index is 6.13. The van der Waals surface area contributed by atoms with E-state index in [1.807, 2.05) is 18.2 Å². The Labute approximate surface area is 114 Å². The summed E-state index contributed by atoms with van der Waals surface area (Å²) in [4.78, 5) is 0. The second-order valence-electron chi connectivity index (χ2n) is 4.20. The predicted molar refractivity (Wildman–Crippen MR) is 77.9 cm³/mol. The molecule has 1 atom stereocenters. The van der Waals surface area contributed by atoms with Crippen LogP contribution in [-0.4, -0.2) is 12.6 Å². The van der Waals surface area contributed by atoms with Gasteiger partial charge in [0.1, 0.15) is 0 Å². The van der Waals surface area contributed by atoms with Gasteiger partial charge in [-0.15, -0.1) is 0 Å². The molecule has 3 heteroatoms. The third-order valence-corrected chi connectivity index (χ3v) is 3.41. The van der Waals surface area contributed by atoms with Gasteiger partial charge in [-0.25, -0.2) is 0 Å². The molecule has 0 saturated carbocycles. The number of benzene rings is 1. The molecule has 0 amide bonds. The van der Waals surface area contributed by atoms with E-state index >= 15 is 0 Å². The zero-order chi connectivity index (χ0) is 12.8. The van der Waals surface area contributed by atoms with Gasteiger partial charge < -0.3 is 5.32 Å². The summed E-state index contributed by atoms with van der Waals surface area (Å²) in [7, 11) is 0. The van der Waals surface area contributed by atoms with Crippen LogP contribution in [0.3, 0.4) is 0 Å². The fourth-order valence-corrected chi connectivity index (χ4v) is 2.03. The molecule has 17 heavy (non-hydrogen) atoms. The fraction of sp³-hybridized carbons (Fsp3) is 0.429. The molecule has 0 aliphatic rings. The van der Waals surface area contributed by atoms with Crippen LogP contribution < -0.4 is 5.32 Å². The van der Waals surface area contributed by atoms with Crippen molar-refractivity contribution in [3.63, 3.8) is 0 Å². The van der Waals surface area contributed by atoms with E-state index in [-0.39, 0.29) is 0 Å². The summed E-state index contributed by atoms with van der Waals surface area (Å²) in [5.41, 5.74) is 2.13. The molecule has 1 nitrogen and oxygen atoms in total. The first-order valence-electron chi connectivity index (χ1n) is 5.91. The molecule has 0 aliphatic carbocycles. The number of hydrogen-bond donors (Lipinski definition) is 1. The van der Waals surface area contributed by atoms with E-state index < -0.39 is 0 Å². The Morgan fingerprint density at radius 1 is 1.35 bits per heavy atom. The molecule has 0 radical (unpaired) electrons. The minimum Gasteiger partial charge on any atom is -0.311 e. The van der Waals surface area contributed by atoms with Gasteiger partial charge in [0.15, 0.2) is 0 Å². The molecule has 0 spiro atoms. The highest BCUT2D eigenvalue weighted by molar-refractivity contribution is 6.37. The Morgan fingerprint density at radius 2 is 1.94 bits per heavy atom. The van der Waals surface area contributed by atoms with Crippen LogP contribution >= 0.6 is 23.2 Å². The Hall–Kier alpha value is -0.500. The molecule has 1 unspecified atom stereocenters. The van der Waals surface area contributed by atoms with Crippen molar-refractivity contribution in [1.82, 2.24) is 5.32 Å². The van der Waals surface area contributed by atoms with Crippen molar-refractivity contribution in [2.75, 3.05) is 6.54 Å². The molecular formula is C14H19Cl2N. The SMILES string of the molecule is CCCNC(C)/C(C)=C/c1c(Cl)cccc1Cl. The van der Waals surface area contributed by atoms with E-state index in [1.165, 1.54) is 5.57 Å². The van der Waals surface area contributed by atoms with Crippen molar-refractivity contribution in [3.8, 4) is 0 Å². The van der Waals surface area contributed by atoms with Crippen LogP contribution in [0, 0.1) is 0 Å². The van der Waals surface area contributed by atoms with Gasteiger partial charge in [-0.05, 0) is 38.9 Å².